The highest BCUT2D eigenvalue weighted by Crippen LogP contribution is 2.34. The highest BCUT2D eigenvalue weighted by molar-refractivity contribution is 9.10. The van der Waals surface area contributed by atoms with Crippen LogP contribution in [-0.2, 0) is 16.4 Å². The lowest BCUT2D eigenvalue weighted by atomic mass is 9.95. The number of halogens is 2. The van der Waals surface area contributed by atoms with Gasteiger partial charge in [0.25, 0.3) is 0 Å². The molecule has 7 heteroatoms. The van der Waals surface area contributed by atoms with Gasteiger partial charge in [-0.25, -0.2) is 17.5 Å². The highest BCUT2D eigenvalue weighted by atomic mass is 79.9. The van der Waals surface area contributed by atoms with E-state index in [0.29, 0.717) is 0 Å². The number of sulfonamides is 1. The van der Waals surface area contributed by atoms with E-state index in [0.717, 1.165) is 30.9 Å². The zero-order valence-electron chi connectivity index (χ0n) is 11.0. The molecule has 0 aliphatic heterocycles. The molecule has 0 fully saturated rings. The summed E-state index contributed by atoms with van der Waals surface area (Å²) in [5.41, 5.74) is 1.05. The Morgan fingerprint density at radius 1 is 1.33 bits per heavy atom. The zero-order chi connectivity index (χ0) is 15.0. The Bertz CT molecular complexity index is 773. The number of nitrogens with one attached hydrogen (secondary N) is 1. The minimum Gasteiger partial charge on any atom is -0.207 e. The maximum Gasteiger partial charge on any atom is 0.241 e. The summed E-state index contributed by atoms with van der Waals surface area (Å²) in [5, 5.41) is 1.98. The van der Waals surface area contributed by atoms with E-state index in [2.05, 4.69) is 20.7 Å². The van der Waals surface area contributed by atoms with E-state index in [1.54, 1.807) is 11.3 Å². The second-order valence-electron chi connectivity index (χ2n) is 4.94. The number of hydrogen-bond donors (Lipinski definition) is 1. The van der Waals surface area contributed by atoms with Gasteiger partial charge >= 0.3 is 0 Å². The molecule has 2 aromatic rings. The third kappa shape index (κ3) is 3.06. The molecule has 1 aromatic heterocycles. The van der Waals surface area contributed by atoms with Crippen molar-refractivity contribution < 1.29 is 12.8 Å². The van der Waals surface area contributed by atoms with Gasteiger partial charge in [-0.3, -0.25) is 0 Å². The van der Waals surface area contributed by atoms with Gasteiger partial charge in [0, 0.05) is 10.9 Å². The van der Waals surface area contributed by atoms with Crippen LogP contribution in [0.1, 0.15) is 29.3 Å². The quantitative estimate of drug-likeness (QED) is 0.861. The zero-order valence-corrected chi connectivity index (χ0v) is 14.2. The van der Waals surface area contributed by atoms with Crippen molar-refractivity contribution in [1.82, 2.24) is 4.72 Å². The molecule has 1 unspecified atom stereocenters. The van der Waals surface area contributed by atoms with E-state index in [1.807, 2.05) is 11.4 Å². The van der Waals surface area contributed by atoms with Crippen LogP contribution in [0.4, 0.5) is 4.39 Å². The summed E-state index contributed by atoms with van der Waals surface area (Å²) in [7, 11) is -3.73. The Morgan fingerprint density at radius 3 is 2.90 bits per heavy atom. The Hall–Kier alpha value is -0.760. The fourth-order valence-corrected chi connectivity index (χ4v) is 5.00. The first-order chi connectivity index (χ1) is 9.97. The normalized spacial score (nSPS) is 18.5. The molecule has 21 heavy (non-hydrogen) atoms. The van der Waals surface area contributed by atoms with Crippen molar-refractivity contribution in [3.63, 3.8) is 0 Å². The van der Waals surface area contributed by atoms with Crippen LogP contribution >= 0.6 is 27.3 Å². The topological polar surface area (TPSA) is 46.2 Å². The van der Waals surface area contributed by atoms with Gasteiger partial charge in [0.1, 0.15) is 5.82 Å². The molecule has 0 saturated carbocycles. The number of rotatable bonds is 3. The Kier molecular flexibility index (Phi) is 4.18. The van der Waals surface area contributed by atoms with E-state index in [4.69, 9.17) is 0 Å². The third-order valence-electron chi connectivity index (χ3n) is 3.55. The molecule has 1 N–H and O–H groups in total. The van der Waals surface area contributed by atoms with Gasteiger partial charge in [0.2, 0.25) is 10.0 Å². The second-order valence-corrected chi connectivity index (χ2v) is 8.51. The Labute approximate surface area is 135 Å². The van der Waals surface area contributed by atoms with Crippen molar-refractivity contribution in [1.29, 1.82) is 0 Å². The van der Waals surface area contributed by atoms with Crippen molar-refractivity contribution in [3.05, 3.63) is 50.4 Å². The van der Waals surface area contributed by atoms with Crippen LogP contribution < -0.4 is 4.72 Å². The van der Waals surface area contributed by atoms with Gasteiger partial charge in [-0.15, -0.1) is 11.3 Å². The molecular formula is C14H13BrFNO2S2. The number of benzene rings is 1. The predicted octanol–water partition coefficient (Wildman–Crippen LogP) is 4.01. The molecule has 112 valence electrons. The van der Waals surface area contributed by atoms with Crippen molar-refractivity contribution in [2.75, 3.05) is 0 Å². The summed E-state index contributed by atoms with van der Waals surface area (Å²) in [5.74, 6) is -0.585. The lowest BCUT2D eigenvalue weighted by molar-refractivity contribution is 0.510. The van der Waals surface area contributed by atoms with E-state index in [1.165, 1.54) is 17.0 Å². The largest absolute Gasteiger partial charge is 0.241 e. The average molecular weight is 390 g/mol. The number of fused-ring (bicyclic) bond motifs is 1. The summed E-state index contributed by atoms with van der Waals surface area (Å²) in [6.45, 7) is 0. The molecule has 0 saturated heterocycles. The maximum absolute atomic E-state index is 13.5. The number of hydrogen-bond acceptors (Lipinski definition) is 3. The molecule has 0 radical (unpaired) electrons. The van der Waals surface area contributed by atoms with Crippen molar-refractivity contribution >= 4 is 37.3 Å². The molecule has 0 spiro atoms. The van der Waals surface area contributed by atoms with E-state index in [-0.39, 0.29) is 15.4 Å². The molecular weight excluding hydrogens is 377 g/mol. The van der Waals surface area contributed by atoms with Gasteiger partial charge in [-0.1, -0.05) is 0 Å². The summed E-state index contributed by atoms with van der Waals surface area (Å²) < 4.78 is 41.3. The number of thiophene rings is 1. The van der Waals surface area contributed by atoms with E-state index >= 15 is 0 Å². The minimum atomic E-state index is -3.73. The van der Waals surface area contributed by atoms with Crippen LogP contribution in [0.15, 0.2) is 39.0 Å². The smallest absolute Gasteiger partial charge is 0.207 e. The van der Waals surface area contributed by atoms with Crippen LogP contribution in [0, 0.1) is 5.82 Å². The first-order valence-electron chi connectivity index (χ1n) is 6.51. The van der Waals surface area contributed by atoms with Crippen LogP contribution in [-0.4, -0.2) is 8.42 Å². The Morgan fingerprint density at radius 2 is 2.14 bits per heavy atom. The first kappa shape index (κ1) is 15.1. The van der Waals surface area contributed by atoms with Gasteiger partial charge in [0.15, 0.2) is 0 Å². The number of aryl methyl sites for hydroxylation is 1. The van der Waals surface area contributed by atoms with Crippen molar-refractivity contribution in [2.24, 2.45) is 0 Å². The standard InChI is InChI=1S/C14H13BrFNO2S2/c15-11-5-4-9(8-12(11)16)21(18,19)17-13-2-1-3-14-10(13)6-7-20-14/h4-8,13,17H,1-3H2. The summed E-state index contributed by atoms with van der Waals surface area (Å²) in [6, 6.07) is 5.57. The summed E-state index contributed by atoms with van der Waals surface area (Å²) in [6.07, 6.45) is 2.72. The highest BCUT2D eigenvalue weighted by Gasteiger charge is 2.26. The summed E-state index contributed by atoms with van der Waals surface area (Å²) in [4.78, 5) is 1.18. The predicted molar refractivity (Wildman–Crippen MR) is 84.4 cm³/mol. The maximum atomic E-state index is 13.5. The molecule has 1 heterocycles. The molecule has 0 bridgehead atoms. The Balaban J connectivity index is 1.89. The SMILES string of the molecule is O=S(=O)(NC1CCCc2sccc21)c1ccc(Br)c(F)c1. The molecule has 1 atom stereocenters. The van der Waals surface area contributed by atoms with Crippen LogP contribution in [0.3, 0.4) is 0 Å². The molecule has 3 rings (SSSR count). The fraction of sp³-hybridized carbons (Fsp3) is 0.286. The van der Waals surface area contributed by atoms with Crippen molar-refractivity contribution in [3.8, 4) is 0 Å². The summed E-state index contributed by atoms with van der Waals surface area (Å²) >= 11 is 4.68. The van der Waals surface area contributed by atoms with E-state index < -0.39 is 15.8 Å². The van der Waals surface area contributed by atoms with Gasteiger partial charge in [0.05, 0.1) is 9.37 Å². The molecule has 1 aromatic carbocycles. The third-order valence-corrected chi connectivity index (χ3v) is 6.66. The van der Waals surface area contributed by atoms with Crippen LogP contribution in [0.25, 0.3) is 0 Å². The lowest BCUT2D eigenvalue weighted by Gasteiger charge is -2.23. The van der Waals surface area contributed by atoms with Gasteiger partial charge in [-0.2, -0.15) is 0 Å². The van der Waals surface area contributed by atoms with Gasteiger partial charge < -0.3 is 0 Å². The molecule has 3 nitrogen and oxygen atoms in total. The minimum absolute atomic E-state index is 0.0504. The van der Waals surface area contributed by atoms with Crippen molar-refractivity contribution in [2.45, 2.75) is 30.2 Å². The fourth-order valence-electron chi connectivity index (χ4n) is 2.51. The lowest BCUT2D eigenvalue weighted by Crippen LogP contribution is -2.30. The molecule has 0 amide bonds. The van der Waals surface area contributed by atoms with E-state index in [9.17, 15) is 12.8 Å². The van der Waals surface area contributed by atoms with Crippen LogP contribution in [0.2, 0.25) is 0 Å². The molecule has 1 aliphatic rings. The van der Waals surface area contributed by atoms with Gasteiger partial charge in [-0.05, 0) is 70.4 Å². The average Bonchev–Trinajstić information content (AvgIpc) is 2.91. The first-order valence-corrected chi connectivity index (χ1v) is 9.66. The van der Waals surface area contributed by atoms with Crippen LogP contribution in [0.5, 0.6) is 0 Å². The molecule has 1 aliphatic carbocycles. The second kappa shape index (κ2) is 5.79. The monoisotopic (exact) mass is 389 g/mol.